The van der Waals surface area contributed by atoms with E-state index in [9.17, 15) is 4.79 Å². The molecule has 1 aromatic heterocycles. The van der Waals surface area contributed by atoms with Crippen LogP contribution in [0.5, 0.6) is 5.75 Å². The number of rotatable bonds is 4. The summed E-state index contributed by atoms with van der Waals surface area (Å²) in [5.41, 5.74) is 0.757. The molecule has 29 heavy (non-hydrogen) atoms. The number of likely N-dealkylation sites (tertiary alicyclic amines) is 2. The van der Waals surface area contributed by atoms with Crippen molar-refractivity contribution in [3.8, 4) is 17.2 Å². The number of amides is 1. The topological polar surface area (TPSA) is 71.7 Å². The molecule has 0 unspecified atom stereocenters. The van der Waals surface area contributed by atoms with Crippen LogP contribution in [0.3, 0.4) is 0 Å². The zero-order chi connectivity index (χ0) is 20.4. The van der Waals surface area contributed by atoms with Gasteiger partial charge in [0.2, 0.25) is 0 Å². The summed E-state index contributed by atoms with van der Waals surface area (Å²) >= 11 is 0. The average molecular weight is 399 g/mol. The molecule has 0 bridgehead atoms. The molecule has 2 aliphatic heterocycles. The van der Waals surface area contributed by atoms with Crippen LogP contribution >= 0.6 is 0 Å². The molecule has 0 aliphatic carbocycles. The highest BCUT2D eigenvalue weighted by Crippen LogP contribution is 2.38. The maximum atomic E-state index is 13.1. The van der Waals surface area contributed by atoms with E-state index in [0.29, 0.717) is 23.0 Å². The van der Waals surface area contributed by atoms with Gasteiger partial charge in [-0.15, -0.1) is 0 Å². The third-order valence-corrected chi connectivity index (χ3v) is 6.61. The van der Waals surface area contributed by atoms with E-state index < -0.39 is 0 Å². The predicted octanol–water partition coefficient (Wildman–Crippen LogP) is 3.29. The summed E-state index contributed by atoms with van der Waals surface area (Å²) in [6.45, 7) is 5.99. The van der Waals surface area contributed by atoms with Gasteiger partial charge in [0.1, 0.15) is 5.75 Å². The van der Waals surface area contributed by atoms with Crippen molar-refractivity contribution in [2.45, 2.75) is 57.5 Å². The molecule has 3 heterocycles. The minimum absolute atomic E-state index is 0.0143. The van der Waals surface area contributed by atoms with Gasteiger partial charge in [0.25, 0.3) is 11.8 Å². The highest BCUT2D eigenvalue weighted by atomic mass is 16.5. The van der Waals surface area contributed by atoms with Crippen molar-refractivity contribution in [2.75, 3.05) is 26.7 Å². The fourth-order valence-corrected chi connectivity index (χ4v) is 4.73. The SMILES string of the molecule is Cc1noc(-c2ccccc2OCC(=O)N2CC[C@@]3(C)[C@@H]2CCCCCN3C)n1. The van der Waals surface area contributed by atoms with Crippen molar-refractivity contribution >= 4 is 5.91 Å². The van der Waals surface area contributed by atoms with Crippen molar-refractivity contribution < 1.29 is 14.1 Å². The summed E-state index contributed by atoms with van der Waals surface area (Å²) in [6.07, 6.45) is 5.72. The van der Waals surface area contributed by atoms with Gasteiger partial charge in [-0.2, -0.15) is 4.98 Å². The Balaban J connectivity index is 1.47. The number of aryl methyl sites for hydroxylation is 1. The quantitative estimate of drug-likeness (QED) is 0.787. The van der Waals surface area contributed by atoms with Gasteiger partial charge in [0.15, 0.2) is 12.4 Å². The Bertz CT molecular complexity index is 867. The number of carbonyl (C=O) groups excluding carboxylic acids is 1. The molecule has 1 aromatic carbocycles. The maximum Gasteiger partial charge on any atom is 0.261 e. The summed E-state index contributed by atoms with van der Waals surface area (Å²) in [7, 11) is 2.20. The van der Waals surface area contributed by atoms with Gasteiger partial charge in [-0.25, -0.2) is 0 Å². The van der Waals surface area contributed by atoms with Gasteiger partial charge >= 0.3 is 0 Å². The van der Waals surface area contributed by atoms with E-state index in [-0.39, 0.29) is 24.1 Å². The molecule has 156 valence electrons. The molecule has 2 saturated heterocycles. The lowest BCUT2D eigenvalue weighted by molar-refractivity contribution is -0.135. The molecular weight excluding hydrogens is 368 g/mol. The molecule has 2 atom stereocenters. The van der Waals surface area contributed by atoms with Crippen LogP contribution in [0.1, 0.15) is 44.9 Å². The van der Waals surface area contributed by atoms with E-state index in [1.165, 1.54) is 19.3 Å². The molecule has 0 saturated carbocycles. The Labute approximate surface area is 172 Å². The van der Waals surface area contributed by atoms with Gasteiger partial charge in [-0.1, -0.05) is 30.1 Å². The Morgan fingerprint density at radius 1 is 1.28 bits per heavy atom. The number of carbonyl (C=O) groups is 1. The molecule has 2 aromatic rings. The molecule has 4 rings (SSSR count). The minimum atomic E-state index is 0.0143. The number of nitrogens with zero attached hydrogens (tertiary/aromatic N) is 4. The second kappa shape index (κ2) is 8.14. The fourth-order valence-electron chi connectivity index (χ4n) is 4.73. The highest BCUT2D eigenvalue weighted by Gasteiger charge is 2.48. The third-order valence-electron chi connectivity index (χ3n) is 6.61. The Hall–Kier alpha value is -2.41. The average Bonchev–Trinajstić information content (AvgIpc) is 3.29. The van der Waals surface area contributed by atoms with Gasteiger partial charge in [0.05, 0.1) is 5.56 Å². The van der Waals surface area contributed by atoms with Gasteiger partial charge in [-0.05, 0) is 58.8 Å². The van der Waals surface area contributed by atoms with Crippen LogP contribution in [0.15, 0.2) is 28.8 Å². The summed E-state index contributed by atoms with van der Waals surface area (Å²) in [5.74, 6) is 1.60. The smallest absolute Gasteiger partial charge is 0.261 e. The van der Waals surface area contributed by atoms with Crippen LogP contribution < -0.4 is 4.74 Å². The molecule has 7 heteroatoms. The molecule has 0 radical (unpaired) electrons. The van der Waals surface area contributed by atoms with Crippen LogP contribution in [-0.4, -0.2) is 64.2 Å². The summed E-state index contributed by atoms with van der Waals surface area (Å²) in [4.78, 5) is 21.9. The van der Waals surface area contributed by atoms with E-state index in [1.807, 2.05) is 29.2 Å². The van der Waals surface area contributed by atoms with Crippen molar-refractivity contribution in [3.05, 3.63) is 30.1 Å². The zero-order valence-corrected chi connectivity index (χ0v) is 17.6. The second-order valence-corrected chi connectivity index (χ2v) is 8.41. The lowest BCUT2D eigenvalue weighted by atomic mass is 9.85. The number of likely N-dealkylation sites (N-methyl/N-ethyl adjacent to an activating group) is 1. The Kier molecular flexibility index (Phi) is 5.58. The third kappa shape index (κ3) is 3.88. The highest BCUT2D eigenvalue weighted by molar-refractivity contribution is 5.79. The predicted molar refractivity (Wildman–Crippen MR) is 110 cm³/mol. The van der Waals surface area contributed by atoms with Crippen LogP contribution in [0.25, 0.3) is 11.5 Å². The van der Waals surface area contributed by atoms with E-state index in [4.69, 9.17) is 9.26 Å². The van der Waals surface area contributed by atoms with Crippen LogP contribution in [-0.2, 0) is 4.79 Å². The van der Waals surface area contributed by atoms with Crippen molar-refractivity contribution in [1.29, 1.82) is 0 Å². The molecule has 7 nitrogen and oxygen atoms in total. The monoisotopic (exact) mass is 398 g/mol. The van der Waals surface area contributed by atoms with Gasteiger partial charge in [-0.3, -0.25) is 9.69 Å². The van der Waals surface area contributed by atoms with Crippen LogP contribution in [0.2, 0.25) is 0 Å². The molecule has 1 amide bonds. The van der Waals surface area contributed by atoms with Crippen LogP contribution in [0.4, 0.5) is 0 Å². The van der Waals surface area contributed by atoms with Gasteiger partial charge in [0, 0.05) is 18.1 Å². The number of fused-ring (bicyclic) bond motifs is 1. The first-order chi connectivity index (χ1) is 14.0. The zero-order valence-electron chi connectivity index (χ0n) is 17.6. The molecular formula is C22H30N4O3. The number of benzene rings is 1. The molecule has 0 N–H and O–H groups in total. The Morgan fingerprint density at radius 2 is 2.10 bits per heavy atom. The normalized spacial score (nSPS) is 25.3. The summed E-state index contributed by atoms with van der Waals surface area (Å²) in [6, 6.07) is 7.71. The minimum Gasteiger partial charge on any atom is -0.483 e. The Morgan fingerprint density at radius 3 is 2.90 bits per heavy atom. The van der Waals surface area contributed by atoms with Gasteiger partial charge < -0.3 is 14.2 Å². The molecule has 2 fully saturated rings. The van der Waals surface area contributed by atoms with E-state index >= 15 is 0 Å². The van der Waals surface area contributed by atoms with E-state index in [0.717, 1.165) is 25.9 Å². The van der Waals surface area contributed by atoms with Crippen molar-refractivity contribution in [1.82, 2.24) is 19.9 Å². The molecule has 2 aliphatic rings. The van der Waals surface area contributed by atoms with Crippen molar-refractivity contribution in [3.63, 3.8) is 0 Å². The first-order valence-corrected chi connectivity index (χ1v) is 10.5. The first-order valence-electron chi connectivity index (χ1n) is 10.5. The first kappa shape index (κ1) is 19.9. The fraction of sp³-hybridized carbons (Fsp3) is 0.591. The standard InChI is InChI=1S/C22H30N4O3/c1-16-23-21(29-24-16)17-9-6-7-10-18(17)28-15-20(27)26-14-12-22(2)19(26)11-5-4-8-13-25(22)3/h6-7,9-10,19H,4-5,8,11-15H2,1-3H3/t19-,22-/m0/s1. The summed E-state index contributed by atoms with van der Waals surface area (Å²) < 4.78 is 11.2. The lowest BCUT2D eigenvalue weighted by Gasteiger charge is -2.43. The number of hydrogen-bond donors (Lipinski definition) is 0. The van der Waals surface area contributed by atoms with E-state index in [2.05, 4.69) is 29.0 Å². The second-order valence-electron chi connectivity index (χ2n) is 8.41. The number of ether oxygens (including phenoxy) is 1. The summed E-state index contributed by atoms with van der Waals surface area (Å²) in [5, 5.41) is 3.85. The number of aromatic nitrogens is 2. The lowest BCUT2D eigenvalue weighted by Crippen LogP contribution is -2.55. The number of hydrogen-bond acceptors (Lipinski definition) is 6. The largest absolute Gasteiger partial charge is 0.483 e. The maximum absolute atomic E-state index is 13.1. The van der Waals surface area contributed by atoms with Crippen LogP contribution in [0, 0.1) is 6.92 Å². The molecule has 0 spiro atoms. The number of para-hydroxylation sites is 1. The van der Waals surface area contributed by atoms with E-state index in [1.54, 1.807) is 6.92 Å². The van der Waals surface area contributed by atoms with Crippen molar-refractivity contribution in [2.24, 2.45) is 0 Å².